The van der Waals surface area contributed by atoms with E-state index in [2.05, 4.69) is 10.3 Å². The lowest BCUT2D eigenvalue weighted by molar-refractivity contribution is -0.384. The van der Waals surface area contributed by atoms with Gasteiger partial charge < -0.3 is 0 Å². The molecule has 1 heterocycles. The molecule has 0 radical (unpaired) electrons. The number of non-ortho nitro benzene ring substituents is 1. The van der Waals surface area contributed by atoms with Crippen molar-refractivity contribution in [2.75, 3.05) is 5.32 Å². The highest BCUT2D eigenvalue weighted by Gasteiger charge is 2.12. The van der Waals surface area contributed by atoms with Crippen LogP contribution in [0.15, 0.2) is 48.5 Å². The molecular weight excluding hydrogens is 290 g/mol. The van der Waals surface area contributed by atoms with Gasteiger partial charge in [0.1, 0.15) is 0 Å². The van der Waals surface area contributed by atoms with E-state index in [0.29, 0.717) is 16.2 Å². The fourth-order valence-corrected chi connectivity index (χ4v) is 2.68. The van der Waals surface area contributed by atoms with Gasteiger partial charge in [-0.1, -0.05) is 29.5 Å². The Morgan fingerprint density at radius 3 is 2.67 bits per heavy atom. The molecule has 6 nitrogen and oxygen atoms in total. The molecule has 0 fully saturated rings. The number of carbonyl (C=O) groups excluding carboxylic acids is 1. The summed E-state index contributed by atoms with van der Waals surface area (Å²) in [5, 5.41) is 13.8. The maximum atomic E-state index is 12.0. The number of nitrogens with one attached hydrogen (secondary N) is 1. The summed E-state index contributed by atoms with van der Waals surface area (Å²) in [7, 11) is 0. The van der Waals surface area contributed by atoms with Crippen molar-refractivity contribution in [2.45, 2.75) is 0 Å². The van der Waals surface area contributed by atoms with Gasteiger partial charge in [0, 0.05) is 17.7 Å². The first-order valence-corrected chi connectivity index (χ1v) is 6.86. The largest absolute Gasteiger partial charge is 0.298 e. The third-order valence-corrected chi connectivity index (χ3v) is 3.79. The van der Waals surface area contributed by atoms with E-state index in [1.54, 1.807) is 30.3 Å². The van der Waals surface area contributed by atoms with E-state index in [0.717, 1.165) is 4.70 Å². The van der Waals surface area contributed by atoms with E-state index in [1.807, 2.05) is 6.07 Å². The topological polar surface area (TPSA) is 85.1 Å². The van der Waals surface area contributed by atoms with Gasteiger partial charge in [-0.3, -0.25) is 20.2 Å². The summed E-state index contributed by atoms with van der Waals surface area (Å²) in [5.74, 6) is -0.260. The molecule has 1 N–H and O–H groups in total. The molecule has 2 aromatic carbocycles. The van der Waals surface area contributed by atoms with Gasteiger partial charge in [-0.25, -0.2) is 4.98 Å². The number of nitrogens with zero attached hydrogens (tertiary/aromatic N) is 2. The Morgan fingerprint density at radius 1 is 1.19 bits per heavy atom. The average Bonchev–Trinajstić information content (AvgIpc) is 2.89. The molecular formula is C14H9N3O3S. The molecule has 3 rings (SSSR count). The molecule has 21 heavy (non-hydrogen) atoms. The van der Waals surface area contributed by atoms with E-state index < -0.39 is 4.92 Å². The van der Waals surface area contributed by atoms with Gasteiger partial charge in [-0.15, -0.1) is 0 Å². The number of anilines is 1. The summed E-state index contributed by atoms with van der Waals surface area (Å²) in [6, 6.07) is 13.2. The highest BCUT2D eigenvalue weighted by molar-refractivity contribution is 7.22. The Hall–Kier alpha value is -2.80. The predicted octanol–water partition coefficient (Wildman–Crippen LogP) is 3.46. The second-order valence-corrected chi connectivity index (χ2v) is 5.28. The van der Waals surface area contributed by atoms with E-state index >= 15 is 0 Å². The van der Waals surface area contributed by atoms with Gasteiger partial charge in [-0.05, 0) is 18.2 Å². The molecule has 0 spiro atoms. The fourth-order valence-electron chi connectivity index (χ4n) is 1.84. The van der Waals surface area contributed by atoms with Crippen molar-refractivity contribution < 1.29 is 9.72 Å². The minimum Gasteiger partial charge on any atom is -0.298 e. The molecule has 0 saturated carbocycles. The number of aromatic nitrogens is 1. The molecule has 0 unspecified atom stereocenters. The van der Waals surface area contributed by atoms with Gasteiger partial charge in [-0.2, -0.15) is 0 Å². The van der Waals surface area contributed by atoms with E-state index in [4.69, 9.17) is 0 Å². The first-order valence-electron chi connectivity index (χ1n) is 6.05. The summed E-state index contributed by atoms with van der Waals surface area (Å²) < 4.78 is 0.781. The predicted molar refractivity (Wildman–Crippen MR) is 80.7 cm³/mol. The summed E-state index contributed by atoms with van der Waals surface area (Å²) in [4.78, 5) is 26.5. The van der Waals surface area contributed by atoms with Crippen molar-refractivity contribution in [3.63, 3.8) is 0 Å². The van der Waals surface area contributed by atoms with E-state index in [-0.39, 0.29) is 11.6 Å². The van der Waals surface area contributed by atoms with Crippen LogP contribution in [0.1, 0.15) is 10.4 Å². The third-order valence-electron chi connectivity index (χ3n) is 2.84. The Bertz CT molecular complexity index is 830. The smallest absolute Gasteiger partial charge is 0.271 e. The first-order chi connectivity index (χ1) is 10.1. The lowest BCUT2D eigenvalue weighted by atomic mass is 10.2. The highest BCUT2D eigenvalue weighted by Crippen LogP contribution is 2.29. The number of nitro benzene ring substituents is 1. The maximum Gasteiger partial charge on any atom is 0.271 e. The summed E-state index contributed by atoms with van der Waals surface area (Å²) in [5.41, 5.74) is 1.01. The van der Waals surface area contributed by atoms with E-state index in [1.165, 1.54) is 23.5 Å². The number of amides is 1. The Balaban J connectivity index is 1.88. The van der Waals surface area contributed by atoms with Crippen LogP contribution < -0.4 is 5.32 Å². The number of benzene rings is 2. The second kappa shape index (κ2) is 5.29. The van der Waals surface area contributed by atoms with Crippen molar-refractivity contribution in [3.05, 3.63) is 64.2 Å². The Morgan fingerprint density at radius 2 is 1.95 bits per heavy atom. The number of nitro groups is 1. The zero-order valence-electron chi connectivity index (χ0n) is 10.6. The third kappa shape index (κ3) is 2.72. The second-order valence-electron chi connectivity index (χ2n) is 4.25. The monoisotopic (exact) mass is 299 g/mol. The molecule has 0 bridgehead atoms. The molecule has 3 aromatic rings. The zero-order valence-corrected chi connectivity index (χ0v) is 11.5. The molecule has 0 aliphatic heterocycles. The van der Waals surface area contributed by atoms with Gasteiger partial charge in [0.2, 0.25) is 0 Å². The molecule has 0 atom stereocenters. The van der Waals surface area contributed by atoms with Gasteiger partial charge in [0.15, 0.2) is 5.13 Å². The van der Waals surface area contributed by atoms with Crippen LogP contribution in [0.5, 0.6) is 0 Å². The van der Waals surface area contributed by atoms with Crippen LogP contribution in [-0.4, -0.2) is 15.8 Å². The molecule has 1 amide bonds. The molecule has 0 aliphatic carbocycles. The van der Waals surface area contributed by atoms with Crippen molar-refractivity contribution in [3.8, 4) is 0 Å². The Kier molecular flexibility index (Phi) is 3.33. The number of rotatable bonds is 3. The number of hydrogen-bond donors (Lipinski definition) is 1. The molecule has 0 saturated heterocycles. The van der Waals surface area contributed by atoms with Crippen LogP contribution in [0, 0.1) is 10.1 Å². The minimum absolute atomic E-state index is 0.0197. The number of hydrogen-bond acceptors (Lipinski definition) is 5. The van der Waals surface area contributed by atoms with Crippen molar-refractivity contribution in [2.24, 2.45) is 0 Å². The van der Waals surface area contributed by atoms with Gasteiger partial charge in [0.05, 0.1) is 15.1 Å². The van der Waals surface area contributed by atoms with Crippen LogP contribution in [0.3, 0.4) is 0 Å². The minimum atomic E-state index is -0.471. The average molecular weight is 299 g/mol. The van der Waals surface area contributed by atoms with Crippen molar-refractivity contribution in [1.29, 1.82) is 0 Å². The van der Waals surface area contributed by atoms with Crippen LogP contribution in [0.4, 0.5) is 10.8 Å². The van der Waals surface area contributed by atoms with Crippen LogP contribution in [-0.2, 0) is 0 Å². The lowest BCUT2D eigenvalue weighted by Crippen LogP contribution is -2.11. The summed E-state index contributed by atoms with van der Waals surface area (Å²) in [6.07, 6.45) is 0. The number of carbonyl (C=O) groups is 1. The highest BCUT2D eigenvalue weighted by atomic mass is 32.1. The standard InChI is InChI=1S/C14H9N3O3S/c18-13(9-4-2-1-3-5-9)16-14-15-11-8-10(17(19)20)6-7-12(11)21-14/h1-8H,(H,15,16,18). The molecule has 0 aliphatic rings. The summed E-state index contributed by atoms with van der Waals surface area (Å²) >= 11 is 1.28. The summed E-state index contributed by atoms with van der Waals surface area (Å²) in [6.45, 7) is 0. The van der Waals surface area contributed by atoms with Crippen LogP contribution >= 0.6 is 11.3 Å². The van der Waals surface area contributed by atoms with Crippen molar-refractivity contribution >= 4 is 38.3 Å². The normalized spacial score (nSPS) is 10.5. The van der Waals surface area contributed by atoms with Gasteiger partial charge >= 0.3 is 0 Å². The Labute approximate surface area is 123 Å². The van der Waals surface area contributed by atoms with Crippen molar-refractivity contribution in [1.82, 2.24) is 4.98 Å². The number of thiazole rings is 1. The van der Waals surface area contributed by atoms with Crippen LogP contribution in [0.2, 0.25) is 0 Å². The SMILES string of the molecule is O=C(Nc1nc2cc([N+](=O)[O-])ccc2s1)c1ccccc1. The van der Waals surface area contributed by atoms with Crippen LogP contribution in [0.25, 0.3) is 10.2 Å². The molecule has 1 aromatic heterocycles. The van der Waals surface area contributed by atoms with E-state index in [9.17, 15) is 14.9 Å². The quantitative estimate of drug-likeness (QED) is 0.593. The van der Waals surface area contributed by atoms with Gasteiger partial charge in [0.25, 0.3) is 11.6 Å². The lowest BCUT2D eigenvalue weighted by Gasteiger charge is -2.00. The molecule has 104 valence electrons. The maximum absolute atomic E-state index is 12.0. The zero-order chi connectivity index (χ0) is 14.8. The fraction of sp³-hybridized carbons (Fsp3) is 0. The molecule has 7 heteroatoms. The number of fused-ring (bicyclic) bond motifs is 1. The first kappa shape index (κ1) is 13.2.